The van der Waals surface area contributed by atoms with Crippen molar-refractivity contribution >= 4 is 25.7 Å². The van der Waals surface area contributed by atoms with E-state index in [0.29, 0.717) is 12.8 Å². The Bertz CT molecular complexity index is 1070. The summed E-state index contributed by atoms with van der Waals surface area (Å²) in [4.78, 5) is 45.7. The number of aliphatic hydroxyl groups is 1. The third kappa shape index (κ3) is 34.5. The van der Waals surface area contributed by atoms with E-state index in [9.17, 15) is 34.1 Å². The van der Waals surface area contributed by atoms with E-state index < -0.39 is 57.6 Å². The summed E-state index contributed by atoms with van der Waals surface area (Å²) in [7, 11) is -4.76. The minimum Gasteiger partial charge on any atom is -0.480 e. The van der Waals surface area contributed by atoms with Crippen LogP contribution in [-0.4, -0.2) is 64.9 Å². The van der Waals surface area contributed by atoms with Gasteiger partial charge in [-0.15, -0.1) is 0 Å². The number of aliphatic carboxylic acids is 1. The van der Waals surface area contributed by atoms with Gasteiger partial charge in [-0.25, -0.2) is 9.36 Å². The molecule has 52 heavy (non-hydrogen) atoms. The number of carboxylic acids is 1. The van der Waals surface area contributed by atoms with Crippen LogP contribution in [0.5, 0.6) is 0 Å². The van der Waals surface area contributed by atoms with Gasteiger partial charge in [0.15, 0.2) is 6.04 Å². The third-order valence-corrected chi connectivity index (χ3v) is 9.05. The Morgan fingerprint density at radius 3 is 1.69 bits per heavy atom. The first-order chi connectivity index (χ1) is 25.1. The Labute approximate surface area is 314 Å². The molecular weight excluding hydrogens is 685 g/mol. The lowest BCUT2D eigenvalue weighted by molar-refractivity contribution is -0.147. The summed E-state index contributed by atoms with van der Waals surface area (Å²) in [6.07, 6.45) is 37.1. The van der Waals surface area contributed by atoms with E-state index in [-0.39, 0.29) is 12.8 Å². The van der Waals surface area contributed by atoms with Gasteiger partial charge < -0.3 is 25.2 Å². The molecule has 3 unspecified atom stereocenters. The topological polar surface area (TPSA) is 169 Å². The number of nitrogens with one attached hydrogen (secondary N) is 1. The molecule has 0 aliphatic heterocycles. The fraction of sp³-hybridized carbons (Fsp3) is 0.725. The maximum absolute atomic E-state index is 12.3. The van der Waals surface area contributed by atoms with E-state index in [1.165, 1.54) is 12.8 Å². The van der Waals surface area contributed by atoms with Gasteiger partial charge in [-0.3, -0.25) is 18.6 Å². The second-order valence-electron chi connectivity index (χ2n) is 13.1. The number of rotatable bonds is 36. The molecule has 0 aromatic heterocycles. The Kier molecular flexibility index (Phi) is 33.7. The van der Waals surface area contributed by atoms with Gasteiger partial charge in [-0.2, -0.15) is 0 Å². The molecule has 12 heteroatoms. The number of phosphoric ester groups is 1. The van der Waals surface area contributed by atoms with Crippen LogP contribution in [0.2, 0.25) is 0 Å². The summed E-state index contributed by atoms with van der Waals surface area (Å²) >= 11 is 0. The SMILES string of the molecule is CC/C=C\C/C=C\C/C=C\CCCCCCCCCC(=O)NC(COP(=O)(O)OCC(O)COC(=O)CCCCCCC/C=C\CCCC)C(=O)O. The zero-order valence-corrected chi connectivity index (χ0v) is 33.0. The van der Waals surface area contributed by atoms with Crippen LogP contribution in [0.3, 0.4) is 0 Å². The van der Waals surface area contributed by atoms with Crippen molar-refractivity contribution in [2.24, 2.45) is 0 Å². The summed E-state index contributed by atoms with van der Waals surface area (Å²) in [5.41, 5.74) is 0. The maximum atomic E-state index is 12.3. The van der Waals surface area contributed by atoms with E-state index in [1.807, 2.05) is 0 Å². The van der Waals surface area contributed by atoms with Gasteiger partial charge >= 0.3 is 19.8 Å². The molecule has 0 bridgehead atoms. The van der Waals surface area contributed by atoms with Crippen molar-refractivity contribution in [3.8, 4) is 0 Å². The van der Waals surface area contributed by atoms with Crippen LogP contribution >= 0.6 is 7.82 Å². The lowest BCUT2D eigenvalue weighted by atomic mass is 10.1. The first-order valence-electron chi connectivity index (χ1n) is 19.7. The van der Waals surface area contributed by atoms with Crippen molar-refractivity contribution in [1.82, 2.24) is 5.32 Å². The molecule has 300 valence electrons. The first kappa shape index (κ1) is 49.4. The Morgan fingerprint density at radius 1 is 0.635 bits per heavy atom. The molecule has 0 saturated heterocycles. The summed E-state index contributed by atoms with van der Waals surface area (Å²) in [6.45, 7) is 2.40. The second kappa shape index (κ2) is 35.5. The van der Waals surface area contributed by atoms with Gasteiger partial charge in [0.1, 0.15) is 12.7 Å². The number of ether oxygens (including phenoxy) is 1. The fourth-order valence-corrected chi connectivity index (χ4v) is 5.79. The largest absolute Gasteiger partial charge is 0.480 e. The molecule has 0 aromatic carbocycles. The van der Waals surface area contributed by atoms with Crippen LogP contribution in [0.25, 0.3) is 0 Å². The van der Waals surface area contributed by atoms with Crippen LogP contribution in [0.1, 0.15) is 155 Å². The average molecular weight is 756 g/mol. The summed E-state index contributed by atoms with van der Waals surface area (Å²) in [5, 5.41) is 21.7. The van der Waals surface area contributed by atoms with Gasteiger partial charge in [-0.05, 0) is 64.2 Å². The number of hydrogen-bond donors (Lipinski definition) is 4. The van der Waals surface area contributed by atoms with Crippen LogP contribution in [0.15, 0.2) is 48.6 Å². The van der Waals surface area contributed by atoms with E-state index >= 15 is 0 Å². The molecule has 11 nitrogen and oxygen atoms in total. The lowest BCUT2D eigenvalue weighted by Gasteiger charge is -2.18. The van der Waals surface area contributed by atoms with Gasteiger partial charge in [0.25, 0.3) is 0 Å². The molecule has 3 atom stereocenters. The Balaban J connectivity index is 3.98. The van der Waals surface area contributed by atoms with Crippen molar-refractivity contribution in [2.75, 3.05) is 19.8 Å². The lowest BCUT2D eigenvalue weighted by Crippen LogP contribution is -2.43. The Hall–Kier alpha value is -2.56. The quantitative estimate of drug-likeness (QED) is 0.0209. The summed E-state index contributed by atoms with van der Waals surface area (Å²) < 4.78 is 26.7. The number of hydrogen-bond acceptors (Lipinski definition) is 8. The number of phosphoric acid groups is 1. The number of amides is 1. The molecule has 0 saturated carbocycles. The van der Waals surface area contributed by atoms with E-state index in [1.54, 1.807) is 0 Å². The van der Waals surface area contributed by atoms with Crippen LogP contribution in [0, 0.1) is 0 Å². The van der Waals surface area contributed by atoms with Crippen molar-refractivity contribution in [3.63, 3.8) is 0 Å². The smallest absolute Gasteiger partial charge is 0.472 e. The van der Waals surface area contributed by atoms with Gasteiger partial charge in [0.05, 0.1) is 13.2 Å². The number of carboxylic acid groups (broad SMARTS) is 1. The molecule has 1 amide bonds. The zero-order valence-electron chi connectivity index (χ0n) is 32.1. The fourth-order valence-electron chi connectivity index (χ4n) is 5.01. The normalized spacial score (nSPS) is 14.4. The van der Waals surface area contributed by atoms with Crippen molar-refractivity contribution < 1.29 is 47.8 Å². The van der Waals surface area contributed by atoms with Crippen molar-refractivity contribution in [2.45, 2.75) is 167 Å². The molecular formula is C40H70NO10P. The predicted octanol–water partition coefficient (Wildman–Crippen LogP) is 9.44. The highest BCUT2D eigenvalue weighted by Gasteiger charge is 2.28. The maximum Gasteiger partial charge on any atom is 0.472 e. The van der Waals surface area contributed by atoms with Gasteiger partial charge in [-0.1, -0.05) is 127 Å². The molecule has 0 fully saturated rings. The van der Waals surface area contributed by atoms with Crippen LogP contribution < -0.4 is 5.32 Å². The number of aliphatic hydroxyl groups excluding tert-OH is 1. The molecule has 0 spiro atoms. The van der Waals surface area contributed by atoms with E-state index in [0.717, 1.165) is 103 Å². The molecule has 0 rings (SSSR count). The van der Waals surface area contributed by atoms with Crippen molar-refractivity contribution in [3.05, 3.63) is 48.6 Å². The van der Waals surface area contributed by atoms with Gasteiger partial charge in [0.2, 0.25) is 5.91 Å². The predicted molar refractivity (Wildman–Crippen MR) is 208 cm³/mol. The standard InChI is InChI=1S/C40H70NO10P/c1-3-5-7-9-11-13-15-16-17-18-19-20-22-23-25-27-29-31-38(43)41-37(40(45)46)35-51-52(47,48)50-34-36(42)33-49-39(44)32-30-28-26-24-21-14-12-10-8-6-4-2/h5,7,10-13,16-17,36-37,42H,3-4,6,8-9,14-15,18-35H2,1-2H3,(H,41,43)(H,45,46)(H,47,48)/b7-5-,12-10-,13-11-,17-16-. The van der Waals surface area contributed by atoms with E-state index in [4.69, 9.17) is 13.8 Å². The minimum atomic E-state index is -4.76. The number of esters is 1. The van der Waals surface area contributed by atoms with Crippen LogP contribution in [-0.2, 0) is 32.7 Å². The van der Waals surface area contributed by atoms with Crippen LogP contribution in [0.4, 0.5) is 0 Å². The number of allylic oxidation sites excluding steroid dienone is 8. The number of carbonyl (C=O) groups is 3. The zero-order chi connectivity index (χ0) is 38.5. The highest BCUT2D eigenvalue weighted by Crippen LogP contribution is 2.43. The highest BCUT2D eigenvalue weighted by molar-refractivity contribution is 7.47. The molecule has 0 aliphatic carbocycles. The molecule has 4 N–H and O–H groups in total. The first-order valence-corrected chi connectivity index (χ1v) is 21.2. The molecule has 0 aliphatic rings. The molecule has 0 heterocycles. The summed E-state index contributed by atoms with van der Waals surface area (Å²) in [6, 6.07) is -1.55. The molecule has 0 radical (unpaired) electrons. The average Bonchev–Trinajstić information content (AvgIpc) is 3.11. The second-order valence-corrected chi connectivity index (χ2v) is 14.5. The minimum absolute atomic E-state index is 0.132. The van der Waals surface area contributed by atoms with Crippen molar-refractivity contribution in [1.29, 1.82) is 0 Å². The van der Waals surface area contributed by atoms with E-state index in [2.05, 4.69) is 67.8 Å². The monoisotopic (exact) mass is 755 g/mol. The third-order valence-electron chi connectivity index (χ3n) is 8.10. The summed E-state index contributed by atoms with van der Waals surface area (Å²) in [5.74, 6) is -2.40. The highest BCUT2D eigenvalue weighted by atomic mass is 31.2. The Morgan fingerprint density at radius 2 is 1.12 bits per heavy atom. The molecule has 0 aromatic rings. The number of unbranched alkanes of at least 4 members (excludes halogenated alkanes) is 14. The van der Waals surface area contributed by atoms with Gasteiger partial charge in [0, 0.05) is 12.8 Å². The number of carbonyl (C=O) groups excluding carboxylic acids is 2.